The van der Waals surface area contributed by atoms with Crippen molar-refractivity contribution < 1.29 is 75.0 Å². The summed E-state index contributed by atoms with van der Waals surface area (Å²) >= 11 is 4.14. The third kappa shape index (κ3) is 15.3. The van der Waals surface area contributed by atoms with Crippen molar-refractivity contribution in [1.29, 1.82) is 0 Å². The molecule has 10 unspecified atom stereocenters. The number of rotatable bonds is 23. The molecule has 10 aromatic heterocycles. The fourth-order valence-electron chi connectivity index (χ4n) is 23.9. The smallest absolute Gasteiger partial charge is 0.220 e. The van der Waals surface area contributed by atoms with Crippen molar-refractivity contribution in [2.75, 3.05) is 33.6 Å². The number of benzene rings is 2. The number of aromatic nitrogens is 20. The second-order valence-corrected chi connectivity index (χ2v) is 41.1. The Labute approximate surface area is 818 Å². The standard InChI is InChI=1S/C21H22IN5O3.C21H22N8O3.C17H20IN5O3.C17H20N8O3.C15H19N5O3/c1-10-4-3-5-12(6-10)8-23-18-14-19(26-20(22)25-18)27(9-24-14)15-13-7-21(13,11(2)28)17(30)16(15)29;1-10-4-3-5-12(6-10)8-23-18-14-19(26-20(25-18)27-28-22)29(9-24-14)15-13-7-21(13,11(2)30)17(32)16(15)31;1-7(24)17-5-9(17)11(12(25)13(17)26)23-6-19-10-14(20-8-3-2-4-8)21-16(18)22-15(10)23;1-7(26)17-5-9(17)11(12(27)13(17)28)25-6-19-10-14(20-8-3-2-4-8)21-16(23-24-18)22-15(10)25;1-6(21)15-4-8(15)10(11(22)12(15)23)20-5-17-9-13(16-3)18-7(2)19-14(9)20/h3-6,9,13,15-17,29-30H,7-8H2,1-2H3,(H,23,25,26);3-6,9,13,15-17,31-32H,7-8H2,1-2H3,(H,23,25,26);6,8-9,11-13,25-26H,2-5H2,1H3,(H,20,21,22);6,8-9,11-13,27-28H,2-5H2,1H3,(H,20,21,22);5,8,10-12,22-23H,4H2,1-3H3,(H,16,18,19)/t2*13?,15-,16+,17?,21+;2*9?,11-,12+,13?,17+;8?,10-,11+,12?,15+/m11111/s1. The molecule has 2 aromatic carbocycles. The van der Waals surface area contributed by atoms with Gasteiger partial charge in [0, 0.05) is 87.2 Å². The topological polar surface area (TPSA) is 663 Å². The number of imidazole rings is 5. The number of hydrogen-bond donors (Lipinski definition) is 15. The van der Waals surface area contributed by atoms with Crippen LogP contribution in [0.2, 0.25) is 0 Å². The number of aliphatic hydroxyl groups excluding tert-OH is 10. The predicted molar refractivity (Wildman–Crippen MR) is 515 cm³/mol. The first-order valence-electron chi connectivity index (χ1n) is 46.3. The molecule has 24 rings (SSSR count). The van der Waals surface area contributed by atoms with Gasteiger partial charge in [0.05, 0.1) is 119 Å². The van der Waals surface area contributed by atoms with E-state index in [0.29, 0.717) is 150 Å². The van der Waals surface area contributed by atoms with Gasteiger partial charge >= 0.3 is 0 Å². The summed E-state index contributed by atoms with van der Waals surface area (Å²) in [5, 5.41) is 129. The highest BCUT2D eigenvalue weighted by molar-refractivity contribution is 14.1. The molecular weight excluding hydrogens is 2020 g/mol. The molecule has 726 valence electrons. The molecule has 46 nitrogen and oxygen atoms in total. The molecule has 25 atom stereocenters. The second kappa shape index (κ2) is 35.5. The van der Waals surface area contributed by atoms with Gasteiger partial charge in [-0.2, -0.15) is 0 Å². The molecule has 0 saturated heterocycles. The van der Waals surface area contributed by atoms with Crippen molar-refractivity contribution in [1.82, 2.24) is 97.6 Å². The number of nitrogens with one attached hydrogen (secondary N) is 5. The highest BCUT2D eigenvalue weighted by Crippen LogP contribution is 2.73. The Morgan fingerprint density at radius 3 is 0.964 bits per heavy atom. The van der Waals surface area contributed by atoms with E-state index in [1.165, 1.54) is 52.9 Å². The maximum Gasteiger partial charge on any atom is 0.220 e. The first kappa shape index (κ1) is 94.8. The maximum atomic E-state index is 12.2. The first-order valence-corrected chi connectivity index (χ1v) is 48.4. The van der Waals surface area contributed by atoms with Gasteiger partial charge in [0.1, 0.15) is 81.8 Å². The number of Topliss-reactive ketones (excluding diaryl/α,β-unsaturated/α-hetero) is 5. The molecule has 10 heterocycles. The summed E-state index contributed by atoms with van der Waals surface area (Å²) in [7, 11) is 1.76. The van der Waals surface area contributed by atoms with Gasteiger partial charge in [0.15, 0.2) is 76.0 Å². The van der Waals surface area contributed by atoms with Crippen LogP contribution in [-0.4, -0.2) is 258 Å². The monoisotopic (exact) mass is 2120 g/mol. The van der Waals surface area contributed by atoms with Crippen molar-refractivity contribution in [2.24, 2.45) is 66.9 Å². The summed E-state index contributed by atoms with van der Waals surface area (Å²) in [5.41, 5.74) is 23.3. The lowest BCUT2D eigenvalue weighted by atomic mass is 9.93. The second-order valence-electron chi connectivity index (χ2n) is 39.2. The number of aliphatic hydroxyl groups is 10. The van der Waals surface area contributed by atoms with Crippen LogP contribution in [-0.2, 0) is 37.1 Å². The zero-order chi connectivity index (χ0) is 98.2. The number of nitrogens with zero attached hydrogens (tertiary/aromatic N) is 26. The first-order chi connectivity index (χ1) is 66.5. The fraction of sp³-hybridized carbons (Fsp3) is 0.538. The van der Waals surface area contributed by atoms with Gasteiger partial charge in [-0.1, -0.05) is 59.7 Å². The third-order valence-corrected chi connectivity index (χ3v) is 32.8. The Kier molecular flexibility index (Phi) is 24.2. The summed E-state index contributed by atoms with van der Waals surface area (Å²) in [5.74, 6) is 2.13. The van der Waals surface area contributed by atoms with E-state index in [-0.39, 0.29) is 76.4 Å². The molecule has 12 aliphatic rings. The SMILES string of the molecule is CC(=O)[C@@]12CC1[C@@H](n1cnc3c(NC4CCC4)nc(I)nc31)[C@H](O)C2O.CC(=O)[C@@]12CC1[C@@H](n1cnc3c(NC4CCC4)nc(N=[N+]=[N-])nc31)[C@H](O)C2O.CC(=O)[C@@]12CC1[C@@H](n1cnc3c(NCc4cccc(C)c4)nc(I)nc31)[C@H](O)C2O.CC(=O)[C@@]12CC1[C@@H](n1cnc3c(NCc4cccc(C)c4)nc(N=[N+]=[N-])nc31)[C@H](O)C2O.CNc1nc(C)nc2c1ncn2[C@@H]1C2C[C@@]2(C(C)=O)C(O)[C@H]1O. The average molecular weight is 2120 g/mol. The molecule has 12 fully saturated rings. The van der Waals surface area contributed by atoms with E-state index in [9.17, 15) is 75.0 Å². The zero-order valence-corrected chi connectivity index (χ0v) is 81.1. The zero-order valence-electron chi connectivity index (χ0n) is 76.8. The van der Waals surface area contributed by atoms with E-state index in [2.05, 4.69) is 186 Å². The number of hydrogen-bond acceptors (Lipinski definition) is 37. The van der Waals surface area contributed by atoms with E-state index in [1.54, 1.807) is 57.5 Å². The highest BCUT2D eigenvalue weighted by Gasteiger charge is 2.78. The minimum Gasteiger partial charge on any atom is -0.389 e. The Hall–Kier alpha value is -11.8. The van der Waals surface area contributed by atoms with Crippen molar-refractivity contribution >= 4 is 171 Å². The molecule has 12 aliphatic carbocycles. The molecule has 0 bridgehead atoms. The van der Waals surface area contributed by atoms with Crippen LogP contribution in [0, 0.1) is 85.1 Å². The van der Waals surface area contributed by atoms with Crippen LogP contribution in [0.3, 0.4) is 0 Å². The number of aryl methyl sites for hydroxylation is 3. The van der Waals surface area contributed by atoms with Gasteiger partial charge < -0.3 is 100 Å². The van der Waals surface area contributed by atoms with Crippen LogP contribution in [0.25, 0.3) is 76.7 Å². The third-order valence-electron chi connectivity index (χ3n) is 31.9. The quantitative estimate of drug-likeness (QED) is 0.00958. The predicted octanol–water partition coefficient (Wildman–Crippen LogP) is 7.70. The molecule has 139 heavy (non-hydrogen) atoms. The van der Waals surface area contributed by atoms with Gasteiger partial charge in [-0.05, 0) is 188 Å². The minimum atomic E-state index is -1.15. The van der Waals surface area contributed by atoms with Gasteiger partial charge in [0.2, 0.25) is 11.9 Å². The van der Waals surface area contributed by atoms with E-state index < -0.39 is 118 Å². The molecule has 12 aromatic rings. The van der Waals surface area contributed by atoms with Crippen LogP contribution in [0.4, 0.5) is 41.0 Å². The van der Waals surface area contributed by atoms with Crippen LogP contribution < -0.4 is 26.6 Å². The van der Waals surface area contributed by atoms with Crippen molar-refractivity contribution in [2.45, 2.75) is 242 Å². The largest absolute Gasteiger partial charge is 0.389 e. The summed E-state index contributed by atoms with van der Waals surface area (Å²) in [4.78, 5) is 132. The van der Waals surface area contributed by atoms with Gasteiger partial charge in [-0.25, -0.2) is 74.8 Å². The van der Waals surface area contributed by atoms with Crippen molar-refractivity contribution in [3.63, 3.8) is 0 Å². The summed E-state index contributed by atoms with van der Waals surface area (Å²) in [6, 6.07) is 14.6. The number of carbonyl (C=O) groups excluding carboxylic acids is 5. The summed E-state index contributed by atoms with van der Waals surface area (Å²) < 4.78 is 9.88. The molecule has 0 spiro atoms. The van der Waals surface area contributed by atoms with Crippen LogP contribution in [0.15, 0.2) is 90.4 Å². The highest BCUT2D eigenvalue weighted by atomic mass is 127. The molecular formula is C91H103I2N31O15. The van der Waals surface area contributed by atoms with Crippen LogP contribution >= 0.6 is 45.2 Å². The Morgan fingerprint density at radius 1 is 0.396 bits per heavy atom. The number of halogens is 2. The lowest BCUT2D eigenvalue weighted by molar-refractivity contribution is -0.128. The lowest BCUT2D eigenvalue weighted by Gasteiger charge is -2.27. The van der Waals surface area contributed by atoms with Crippen LogP contribution in [0.1, 0.15) is 164 Å². The van der Waals surface area contributed by atoms with Crippen molar-refractivity contribution in [3.05, 3.63) is 137 Å². The molecule has 48 heteroatoms. The molecule has 0 amide bonds. The maximum absolute atomic E-state index is 12.2. The van der Waals surface area contributed by atoms with E-state index in [1.807, 2.05) is 47.9 Å². The molecule has 12 saturated carbocycles. The molecule has 0 radical (unpaired) electrons. The number of carbonyl (C=O) groups is 5. The van der Waals surface area contributed by atoms with Crippen LogP contribution in [0.5, 0.6) is 0 Å². The van der Waals surface area contributed by atoms with Gasteiger partial charge in [-0.3, -0.25) is 24.0 Å². The summed E-state index contributed by atoms with van der Waals surface area (Å²) in [6.45, 7) is 14.3. The average Bonchev–Trinajstić information content (AvgIpc) is 1.54. The van der Waals surface area contributed by atoms with Gasteiger partial charge in [0.25, 0.3) is 0 Å². The Bertz CT molecular complexity index is 7120. The molecule has 15 N–H and O–H groups in total. The van der Waals surface area contributed by atoms with E-state index >= 15 is 0 Å². The van der Waals surface area contributed by atoms with Gasteiger partial charge in [-0.15, -0.1) is 0 Å². The Balaban J connectivity index is 0.000000107. The molecule has 0 aliphatic heterocycles. The number of ketones is 5. The van der Waals surface area contributed by atoms with Crippen molar-refractivity contribution in [3.8, 4) is 0 Å². The van der Waals surface area contributed by atoms with E-state index in [0.717, 1.165) is 48.8 Å². The Morgan fingerprint density at radius 2 is 0.676 bits per heavy atom. The number of fused-ring (bicyclic) bond motifs is 10. The number of azide groups is 2. The normalized spacial score (nSPS) is 32.3. The lowest BCUT2D eigenvalue weighted by Crippen LogP contribution is -2.36. The van der Waals surface area contributed by atoms with E-state index in [4.69, 9.17) is 11.1 Å². The number of anilines is 5. The minimum absolute atomic E-state index is 0.0414. The summed E-state index contributed by atoms with van der Waals surface area (Å²) in [6.07, 6.45) is 6.66. The fourth-order valence-corrected chi connectivity index (χ4v) is 24.8.